The maximum Gasteiger partial charge on any atom is 0.256 e. The van der Waals surface area contributed by atoms with E-state index in [2.05, 4.69) is 25.7 Å². The predicted molar refractivity (Wildman–Crippen MR) is 109 cm³/mol. The van der Waals surface area contributed by atoms with Gasteiger partial charge in [-0.15, -0.1) is 0 Å². The fourth-order valence-corrected chi connectivity index (χ4v) is 4.97. The van der Waals surface area contributed by atoms with Gasteiger partial charge in [-0.1, -0.05) is 6.07 Å². The largest absolute Gasteiger partial charge is 0.324 e. The number of amides is 1. The molecule has 0 saturated carbocycles. The van der Waals surface area contributed by atoms with Crippen molar-refractivity contribution < 1.29 is 13.2 Å². The Balaban J connectivity index is 1.52. The number of benzene rings is 1. The van der Waals surface area contributed by atoms with Crippen molar-refractivity contribution in [1.29, 1.82) is 0 Å². The van der Waals surface area contributed by atoms with Crippen molar-refractivity contribution in [1.82, 2.24) is 19.7 Å². The highest BCUT2D eigenvalue weighted by atomic mass is 32.2. The minimum Gasteiger partial charge on any atom is -0.324 e. The highest BCUT2D eigenvalue weighted by molar-refractivity contribution is 7.91. The Morgan fingerprint density at radius 1 is 1.17 bits per heavy atom. The van der Waals surface area contributed by atoms with E-state index >= 15 is 0 Å². The lowest BCUT2D eigenvalue weighted by Gasteiger charge is -2.14. The molecule has 4 rings (SSSR count). The zero-order valence-corrected chi connectivity index (χ0v) is 16.6. The first-order valence-electron chi connectivity index (χ1n) is 9.12. The first-order valence-corrected chi connectivity index (χ1v) is 10.9. The Bertz CT molecular complexity index is 1140. The minimum atomic E-state index is -3.06. The molecule has 1 aromatic carbocycles. The second-order valence-electron chi connectivity index (χ2n) is 6.90. The van der Waals surface area contributed by atoms with E-state index in [1.54, 1.807) is 54.3 Å². The number of aryl methyl sites for hydroxylation is 1. The summed E-state index contributed by atoms with van der Waals surface area (Å²) >= 11 is 0. The van der Waals surface area contributed by atoms with Gasteiger partial charge < -0.3 is 10.6 Å². The zero-order chi connectivity index (χ0) is 20.4. The molecule has 0 spiro atoms. The molecule has 1 amide bonds. The van der Waals surface area contributed by atoms with Gasteiger partial charge in [-0.2, -0.15) is 5.10 Å². The van der Waals surface area contributed by atoms with Crippen LogP contribution in [-0.4, -0.2) is 45.6 Å². The molecule has 10 heteroatoms. The smallest absolute Gasteiger partial charge is 0.256 e. The molecule has 0 aliphatic carbocycles. The molecule has 2 aromatic heterocycles. The van der Waals surface area contributed by atoms with E-state index in [4.69, 9.17) is 0 Å². The molecule has 0 radical (unpaired) electrons. The minimum absolute atomic E-state index is 0.0352. The average molecular weight is 412 g/mol. The van der Waals surface area contributed by atoms with E-state index < -0.39 is 9.84 Å². The molecule has 1 fully saturated rings. The van der Waals surface area contributed by atoms with E-state index in [-0.39, 0.29) is 23.5 Å². The summed E-state index contributed by atoms with van der Waals surface area (Å²) in [5.41, 5.74) is 1.83. The maximum absolute atomic E-state index is 12.8. The summed E-state index contributed by atoms with van der Waals surface area (Å²) in [6.07, 6.45) is 3.74. The third kappa shape index (κ3) is 4.43. The number of nitrogens with one attached hydrogen (secondary N) is 2. The summed E-state index contributed by atoms with van der Waals surface area (Å²) in [5, 5.41) is 10.3. The van der Waals surface area contributed by atoms with Gasteiger partial charge in [-0.3, -0.25) is 4.79 Å². The van der Waals surface area contributed by atoms with Crippen molar-refractivity contribution in [2.75, 3.05) is 22.1 Å². The van der Waals surface area contributed by atoms with Crippen LogP contribution in [0.25, 0.3) is 0 Å². The molecule has 9 nitrogen and oxygen atoms in total. The van der Waals surface area contributed by atoms with Crippen molar-refractivity contribution in [3.8, 4) is 0 Å². The van der Waals surface area contributed by atoms with Gasteiger partial charge in [-0.25, -0.2) is 23.1 Å². The van der Waals surface area contributed by atoms with Gasteiger partial charge in [-0.05, 0) is 37.6 Å². The number of carbonyl (C=O) groups is 1. The fourth-order valence-electron chi connectivity index (χ4n) is 3.28. The third-order valence-corrected chi connectivity index (χ3v) is 6.35. The summed E-state index contributed by atoms with van der Waals surface area (Å²) in [6, 6.07) is 10.1. The van der Waals surface area contributed by atoms with Gasteiger partial charge in [0.2, 0.25) is 5.95 Å². The molecule has 150 valence electrons. The number of hydrogen-bond donors (Lipinski definition) is 2. The van der Waals surface area contributed by atoms with E-state index in [0.717, 1.165) is 0 Å². The van der Waals surface area contributed by atoms with E-state index in [9.17, 15) is 13.2 Å². The van der Waals surface area contributed by atoms with Crippen molar-refractivity contribution in [2.45, 2.75) is 19.4 Å². The van der Waals surface area contributed by atoms with Gasteiger partial charge in [0.1, 0.15) is 5.82 Å². The SMILES string of the molecule is Cc1cc(NC(=O)c2cccc(Nc3ncccn3)c2)n([C@H]2CCS(=O)(=O)C2)n1. The normalized spacial score (nSPS) is 17.8. The van der Waals surface area contributed by atoms with Crippen LogP contribution in [0.1, 0.15) is 28.5 Å². The van der Waals surface area contributed by atoms with Gasteiger partial charge in [0.15, 0.2) is 9.84 Å². The van der Waals surface area contributed by atoms with Gasteiger partial charge in [0, 0.05) is 29.7 Å². The van der Waals surface area contributed by atoms with Crippen LogP contribution < -0.4 is 10.6 Å². The molecule has 1 saturated heterocycles. The molecule has 1 aliphatic rings. The molecule has 0 bridgehead atoms. The summed E-state index contributed by atoms with van der Waals surface area (Å²) in [5.74, 6) is 0.775. The molecule has 2 N–H and O–H groups in total. The van der Waals surface area contributed by atoms with E-state index in [0.29, 0.717) is 35.1 Å². The third-order valence-electron chi connectivity index (χ3n) is 4.60. The molecule has 1 aliphatic heterocycles. The zero-order valence-electron chi connectivity index (χ0n) is 15.7. The fraction of sp³-hybridized carbons (Fsp3) is 0.263. The summed E-state index contributed by atoms with van der Waals surface area (Å²) in [7, 11) is -3.06. The lowest BCUT2D eigenvalue weighted by molar-refractivity contribution is 0.102. The molecule has 3 aromatic rings. The Labute approximate surface area is 168 Å². The number of aromatic nitrogens is 4. The summed E-state index contributed by atoms with van der Waals surface area (Å²) in [6.45, 7) is 1.81. The van der Waals surface area contributed by atoms with Crippen molar-refractivity contribution in [3.05, 3.63) is 60.0 Å². The predicted octanol–water partition coefficient (Wildman–Crippen LogP) is 2.34. The van der Waals surface area contributed by atoms with Crippen LogP contribution in [0.15, 0.2) is 48.8 Å². The molecule has 1 atom stereocenters. The molecule has 29 heavy (non-hydrogen) atoms. The van der Waals surface area contributed by atoms with Crippen LogP contribution in [0.5, 0.6) is 0 Å². The number of sulfone groups is 1. The molecule has 0 unspecified atom stereocenters. The van der Waals surface area contributed by atoms with Gasteiger partial charge in [0.25, 0.3) is 5.91 Å². The maximum atomic E-state index is 12.8. The second kappa shape index (κ2) is 7.63. The average Bonchev–Trinajstić information content (AvgIpc) is 3.24. The number of hydrogen-bond acceptors (Lipinski definition) is 7. The molecule has 3 heterocycles. The number of carbonyl (C=O) groups excluding carboxylic acids is 1. The number of nitrogens with zero attached hydrogens (tertiary/aromatic N) is 4. The van der Waals surface area contributed by atoms with Crippen LogP contribution in [0.2, 0.25) is 0 Å². The van der Waals surface area contributed by atoms with Gasteiger partial charge in [0.05, 0.1) is 23.2 Å². The second-order valence-corrected chi connectivity index (χ2v) is 9.13. The summed E-state index contributed by atoms with van der Waals surface area (Å²) < 4.78 is 25.2. The number of anilines is 3. The quantitative estimate of drug-likeness (QED) is 0.660. The number of rotatable bonds is 5. The lowest BCUT2D eigenvalue weighted by Crippen LogP contribution is -2.19. The van der Waals surface area contributed by atoms with Crippen LogP contribution in [0.4, 0.5) is 17.5 Å². The van der Waals surface area contributed by atoms with Crippen molar-refractivity contribution >= 4 is 33.2 Å². The highest BCUT2D eigenvalue weighted by Gasteiger charge is 2.31. The topological polar surface area (TPSA) is 119 Å². The van der Waals surface area contributed by atoms with Crippen molar-refractivity contribution in [2.24, 2.45) is 0 Å². The molecular formula is C19H20N6O3S. The van der Waals surface area contributed by atoms with Gasteiger partial charge >= 0.3 is 0 Å². The van der Waals surface area contributed by atoms with E-state index in [1.807, 2.05) is 6.07 Å². The van der Waals surface area contributed by atoms with Crippen LogP contribution in [-0.2, 0) is 9.84 Å². The summed E-state index contributed by atoms with van der Waals surface area (Å²) in [4.78, 5) is 21.0. The standard InChI is InChI=1S/C19H20N6O3S/c1-13-10-17(25(24-13)16-6-9-29(27,28)12-16)23-18(26)14-4-2-5-15(11-14)22-19-20-7-3-8-21-19/h2-5,7-8,10-11,16H,6,9,12H2,1H3,(H,23,26)(H,20,21,22)/t16-/m0/s1. The van der Waals surface area contributed by atoms with Crippen LogP contribution in [0.3, 0.4) is 0 Å². The Morgan fingerprint density at radius 2 is 1.97 bits per heavy atom. The first kappa shape index (κ1) is 19.1. The highest BCUT2D eigenvalue weighted by Crippen LogP contribution is 2.27. The van der Waals surface area contributed by atoms with E-state index in [1.165, 1.54) is 0 Å². The Morgan fingerprint density at radius 3 is 2.69 bits per heavy atom. The molecular weight excluding hydrogens is 392 g/mol. The van der Waals surface area contributed by atoms with Crippen molar-refractivity contribution in [3.63, 3.8) is 0 Å². The Kier molecular flexibility index (Phi) is 5.01. The van der Waals surface area contributed by atoms with Crippen LogP contribution in [0, 0.1) is 6.92 Å². The lowest BCUT2D eigenvalue weighted by atomic mass is 10.2. The Hall–Kier alpha value is -3.27. The first-order chi connectivity index (χ1) is 13.9. The monoisotopic (exact) mass is 412 g/mol. The van der Waals surface area contributed by atoms with Crippen LogP contribution >= 0.6 is 0 Å².